The molecule has 2 aromatic rings. The van der Waals surface area contributed by atoms with E-state index in [2.05, 4.69) is 77.0 Å². The van der Waals surface area contributed by atoms with Gasteiger partial charge in [0.15, 0.2) is 0 Å². The fourth-order valence-corrected chi connectivity index (χ4v) is 2.84. The number of hydrogen-bond donors (Lipinski definition) is 1. The van der Waals surface area contributed by atoms with Crippen molar-refractivity contribution in [1.29, 1.82) is 0 Å². The second-order valence-corrected chi connectivity index (χ2v) is 6.93. The lowest BCUT2D eigenvalue weighted by Gasteiger charge is -2.20. The van der Waals surface area contributed by atoms with Gasteiger partial charge in [-0.15, -0.1) is 0 Å². The van der Waals surface area contributed by atoms with E-state index in [1.54, 1.807) is 0 Å². The number of nitrogens with zero attached hydrogens (tertiary/aromatic N) is 1. The van der Waals surface area contributed by atoms with Crippen LogP contribution in [0.4, 0.5) is 0 Å². The molecule has 0 aliphatic rings. The van der Waals surface area contributed by atoms with Gasteiger partial charge in [-0.2, -0.15) is 0 Å². The molecule has 0 aliphatic carbocycles. The van der Waals surface area contributed by atoms with E-state index in [4.69, 9.17) is 0 Å². The summed E-state index contributed by atoms with van der Waals surface area (Å²) in [5.41, 5.74) is 1.54. The Hall–Kier alpha value is -0.800. The lowest BCUT2D eigenvalue weighted by Crippen LogP contribution is -2.36. The van der Waals surface area contributed by atoms with Crippen molar-refractivity contribution >= 4 is 26.8 Å². The molecule has 1 N–H and O–H groups in total. The molecule has 0 aliphatic heterocycles. The summed E-state index contributed by atoms with van der Waals surface area (Å²) in [7, 11) is 0. The van der Waals surface area contributed by atoms with Crippen molar-refractivity contribution in [2.45, 2.75) is 45.7 Å². The van der Waals surface area contributed by atoms with Gasteiger partial charge in [-0.1, -0.05) is 18.2 Å². The van der Waals surface area contributed by atoms with E-state index < -0.39 is 0 Å². The lowest BCUT2D eigenvalue weighted by atomic mass is 10.1. The summed E-state index contributed by atoms with van der Waals surface area (Å²) in [4.78, 5) is 0. The van der Waals surface area contributed by atoms with Crippen LogP contribution in [0.2, 0.25) is 0 Å². The summed E-state index contributed by atoms with van der Waals surface area (Å²) < 4.78 is 3.53. The molecule has 2 rings (SSSR count). The third-order valence-corrected chi connectivity index (χ3v) is 3.85. The van der Waals surface area contributed by atoms with Crippen molar-refractivity contribution in [3.05, 3.63) is 34.9 Å². The number of aryl methyl sites for hydroxylation is 1. The zero-order valence-corrected chi connectivity index (χ0v) is 13.6. The fraction of sp³-hybridized carbons (Fsp3) is 0.500. The van der Waals surface area contributed by atoms with Gasteiger partial charge in [0, 0.05) is 33.7 Å². The van der Waals surface area contributed by atoms with Crippen LogP contribution in [0.3, 0.4) is 0 Å². The van der Waals surface area contributed by atoms with Crippen LogP contribution in [-0.2, 0) is 6.54 Å². The molecule has 0 radical (unpaired) electrons. The minimum absolute atomic E-state index is 0.225. The number of benzene rings is 1. The summed E-state index contributed by atoms with van der Waals surface area (Å²) in [5, 5.41) is 4.83. The van der Waals surface area contributed by atoms with Crippen molar-refractivity contribution in [3.8, 4) is 0 Å². The highest BCUT2D eigenvalue weighted by atomic mass is 79.9. The summed E-state index contributed by atoms with van der Waals surface area (Å²) in [6.07, 6.45) is 4.61. The van der Waals surface area contributed by atoms with Crippen molar-refractivity contribution in [2.75, 3.05) is 6.54 Å². The monoisotopic (exact) mass is 322 g/mol. The number of aromatic nitrogens is 1. The molecule has 19 heavy (non-hydrogen) atoms. The molecule has 1 heterocycles. The predicted molar refractivity (Wildman–Crippen MR) is 86.6 cm³/mol. The van der Waals surface area contributed by atoms with Crippen molar-refractivity contribution in [2.24, 2.45) is 0 Å². The lowest BCUT2D eigenvalue weighted by molar-refractivity contribution is 0.415. The maximum absolute atomic E-state index is 3.63. The maximum Gasteiger partial charge on any atom is 0.0492 e. The first-order valence-corrected chi connectivity index (χ1v) is 7.75. The summed E-state index contributed by atoms with van der Waals surface area (Å²) in [5.74, 6) is 0. The van der Waals surface area contributed by atoms with E-state index in [-0.39, 0.29) is 5.54 Å². The van der Waals surface area contributed by atoms with Crippen LogP contribution in [0.1, 0.15) is 33.6 Å². The van der Waals surface area contributed by atoms with Crippen molar-refractivity contribution in [1.82, 2.24) is 9.88 Å². The molecule has 0 saturated heterocycles. The van der Waals surface area contributed by atoms with Crippen molar-refractivity contribution < 1.29 is 0 Å². The minimum Gasteiger partial charge on any atom is -0.346 e. The Balaban J connectivity index is 1.89. The van der Waals surface area contributed by atoms with Crippen LogP contribution in [0.15, 0.2) is 34.9 Å². The van der Waals surface area contributed by atoms with Gasteiger partial charge in [-0.05, 0) is 62.2 Å². The molecule has 1 aromatic carbocycles. The average Bonchev–Trinajstić information content (AvgIpc) is 2.65. The van der Waals surface area contributed by atoms with E-state index in [9.17, 15) is 0 Å². The Kier molecular flexibility index (Phi) is 4.69. The molecule has 0 unspecified atom stereocenters. The molecule has 0 spiro atoms. The second kappa shape index (κ2) is 6.10. The van der Waals surface area contributed by atoms with Gasteiger partial charge in [0.25, 0.3) is 0 Å². The highest BCUT2D eigenvalue weighted by Gasteiger charge is 2.08. The van der Waals surface area contributed by atoms with Crippen LogP contribution in [0, 0.1) is 0 Å². The SMILES string of the molecule is CC(C)(C)NCCCCn1cc(Br)c2ccccc21. The first-order chi connectivity index (χ1) is 8.97. The van der Waals surface area contributed by atoms with Gasteiger partial charge in [-0.3, -0.25) is 0 Å². The number of nitrogens with one attached hydrogen (secondary N) is 1. The maximum atomic E-state index is 3.63. The molecule has 2 nitrogen and oxygen atoms in total. The highest BCUT2D eigenvalue weighted by molar-refractivity contribution is 9.10. The van der Waals surface area contributed by atoms with Gasteiger partial charge >= 0.3 is 0 Å². The largest absolute Gasteiger partial charge is 0.346 e. The van der Waals surface area contributed by atoms with Gasteiger partial charge in [0.1, 0.15) is 0 Å². The Bertz CT molecular complexity index is 537. The van der Waals surface area contributed by atoms with Crippen molar-refractivity contribution in [3.63, 3.8) is 0 Å². The van der Waals surface area contributed by atoms with E-state index >= 15 is 0 Å². The van der Waals surface area contributed by atoms with Gasteiger partial charge in [-0.25, -0.2) is 0 Å². The first kappa shape index (κ1) is 14.6. The van der Waals surface area contributed by atoms with Crippen LogP contribution >= 0.6 is 15.9 Å². The minimum atomic E-state index is 0.225. The highest BCUT2D eigenvalue weighted by Crippen LogP contribution is 2.26. The number of hydrogen-bond acceptors (Lipinski definition) is 1. The van der Waals surface area contributed by atoms with Crippen LogP contribution in [0.25, 0.3) is 10.9 Å². The summed E-state index contributed by atoms with van der Waals surface area (Å²) in [6.45, 7) is 8.80. The molecule has 3 heteroatoms. The van der Waals surface area contributed by atoms with Gasteiger partial charge < -0.3 is 9.88 Å². The Morgan fingerprint density at radius 3 is 2.63 bits per heavy atom. The predicted octanol–water partition coefficient (Wildman–Crippen LogP) is 4.57. The summed E-state index contributed by atoms with van der Waals surface area (Å²) in [6, 6.07) is 8.54. The first-order valence-electron chi connectivity index (χ1n) is 6.96. The molecule has 104 valence electrons. The third-order valence-electron chi connectivity index (χ3n) is 3.22. The number of unbranched alkanes of at least 4 members (excludes halogenated alkanes) is 1. The molecule has 0 amide bonds. The standard InChI is InChI=1S/C16H23BrN2/c1-16(2,3)18-10-6-7-11-19-12-14(17)13-8-4-5-9-15(13)19/h4-5,8-9,12,18H,6-7,10-11H2,1-3H3. The molecule has 0 atom stereocenters. The molecular weight excluding hydrogens is 300 g/mol. The Morgan fingerprint density at radius 1 is 1.16 bits per heavy atom. The van der Waals surface area contributed by atoms with E-state index in [1.807, 2.05) is 0 Å². The van der Waals surface area contributed by atoms with Crippen LogP contribution in [0.5, 0.6) is 0 Å². The normalized spacial score (nSPS) is 12.2. The number of rotatable bonds is 5. The Labute approximate surface area is 124 Å². The summed E-state index contributed by atoms with van der Waals surface area (Å²) >= 11 is 3.63. The quantitative estimate of drug-likeness (QED) is 0.798. The van der Waals surface area contributed by atoms with Gasteiger partial charge in [0.05, 0.1) is 0 Å². The zero-order chi connectivity index (χ0) is 13.9. The number of halogens is 1. The number of fused-ring (bicyclic) bond motifs is 1. The van der Waals surface area contributed by atoms with Crippen LogP contribution in [-0.4, -0.2) is 16.7 Å². The molecule has 0 fully saturated rings. The molecule has 0 saturated carbocycles. The second-order valence-electron chi connectivity index (χ2n) is 6.07. The smallest absolute Gasteiger partial charge is 0.0492 e. The van der Waals surface area contributed by atoms with E-state index in [1.165, 1.54) is 28.2 Å². The average molecular weight is 323 g/mol. The molecular formula is C16H23BrN2. The third kappa shape index (κ3) is 4.08. The fourth-order valence-electron chi connectivity index (χ4n) is 2.26. The topological polar surface area (TPSA) is 17.0 Å². The van der Waals surface area contributed by atoms with E-state index in [0.717, 1.165) is 13.1 Å². The molecule has 1 aromatic heterocycles. The number of para-hydroxylation sites is 1. The van der Waals surface area contributed by atoms with Gasteiger partial charge in [0.2, 0.25) is 0 Å². The Morgan fingerprint density at radius 2 is 1.89 bits per heavy atom. The van der Waals surface area contributed by atoms with E-state index in [0.29, 0.717) is 0 Å². The zero-order valence-electron chi connectivity index (χ0n) is 12.0. The van der Waals surface area contributed by atoms with Crippen LogP contribution < -0.4 is 5.32 Å². The molecule has 0 bridgehead atoms.